The molecular weight excluding hydrogens is 468 g/mol. The zero-order valence-electron chi connectivity index (χ0n) is 16.6. The van der Waals surface area contributed by atoms with E-state index in [0.29, 0.717) is 21.4 Å². The van der Waals surface area contributed by atoms with Crippen LogP contribution in [0.1, 0.15) is 10.4 Å². The van der Waals surface area contributed by atoms with Crippen molar-refractivity contribution in [3.63, 3.8) is 0 Å². The predicted molar refractivity (Wildman–Crippen MR) is 126 cm³/mol. The van der Waals surface area contributed by atoms with Crippen molar-refractivity contribution in [3.8, 4) is 21.7 Å². The van der Waals surface area contributed by atoms with E-state index in [2.05, 4.69) is 10.3 Å². The Hall–Kier alpha value is -4.15. The highest BCUT2D eigenvalue weighted by Gasteiger charge is 2.18. The molecule has 11 heteroatoms. The van der Waals surface area contributed by atoms with Gasteiger partial charge in [-0.05, 0) is 42.0 Å². The van der Waals surface area contributed by atoms with Crippen LogP contribution in [0.3, 0.4) is 0 Å². The molecule has 0 aliphatic heterocycles. The van der Waals surface area contributed by atoms with Crippen LogP contribution in [0.15, 0.2) is 72.8 Å². The number of hydrogen-bond donors (Lipinski definition) is 1. The summed E-state index contributed by atoms with van der Waals surface area (Å²) in [5.41, 5.74) is 2.05. The first kappa shape index (κ1) is 22.1. The van der Waals surface area contributed by atoms with E-state index in [1.54, 1.807) is 24.3 Å². The Labute approximate surface area is 195 Å². The third kappa shape index (κ3) is 4.86. The second-order valence-corrected chi connectivity index (χ2v) is 8.20. The van der Waals surface area contributed by atoms with E-state index >= 15 is 0 Å². The average molecular weight is 481 g/mol. The molecule has 164 valence electrons. The highest BCUT2D eigenvalue weighted by atomic mass is 35.5. The van der Waals surface area contributed by atoms with Crippen LogP contribution >= 0.6 is 22.9 Å². The number of benzene rings is 3. The van der Waals surface area contributed by atoms with Gasteiger partial charge in [0.2, 0.25) is 0 Å². The first-order valence-corrected chi connectivity index (χ1v) is 10.6. The number of thiazole rings is 1. The number of nitrogens with zero attached hydrogens (tertiary/aromatic N) is 3. The van der Waals surface area contributed by atoms with Gasteiger partial charge in [-0.25, -0.2) is 4.98 Å². The molecule has 0 saturated carbocycles. The molecule has 3 aromatic carbocycles. The van der Waals surface area contributed by atoms with Crippen LogP contribution < -0.4 is 5.32 Å². The fraction of sp³-hybridized carbons (Fsp3) is 0. The lowest BCUT2D eigenvalue weighted by atomic mass is 10.1. The van der Waals surface area contributed by atoms with E-state index < -0.39 is 15.8 Å². The van der Waals surface area contributed by atoms with Crippen molar-refractivity contribution >= 4 is 45.4 Å². The summed E-state index contributed by atoms with van der Waals surface area (Å²) in [7, 11) is 0. The number of carbonyl (C=O) groups excluding carboxylic acids is 1. The van der Waals surface area contributed by atoms with Crippen molar-refractivity contribution in [3.05, 3.63) is 104 Å². The molecule has 0 aliphatic rings. The minimum Gasteiger partial charge on any atom is -0.298 e. The summed E-state index contributed by atoms with van der Waals surface area (Å²) >= 11 is 7.23. The summed E-state index contributed by atoms with van der Waals surface area (Å²) in [5, 5.41) is 25.4. The Morgan fingerprint density at radius 1 is 0.818 bits per heavy atom. The molecule has 1 heterocycles. The number of non-ortho nitro benzene ring substituents is 2. The average Bonchev–Trinajstić information content (AvgIpc) is 3.23. The quantitative estimate of drug-likeness (QED) is 0.258. The topological polar surface area (TPSA) is 128 Å². The SMILES string of the molecule is O=C(Nc1nc(-c2ccc([N+](=O)[O-])cc2)c(-c2ccc(Cl)cc2)s1)c1ccc([N+](=O)[O-])cc1. The van der Waals surface area contributed by atoms with E-state index in [4.69, 9.17) is 11.6 Å². The molecule has 0 spiro atoms. The third-order valence-corrected chi connectivity index (χ3v) is 5.92. The summed E-state index contributed by atoms with van der Waals surface area (Å²) in [6.07, 6.45) is 0. The normalized spacial score (nSPS) is 10.6. The molecule has 1 N–H and O–H groups in total. The Bertz CT molecular complexity index is 1350. The highest BCUT2D eigenvalue weighted by molar-refractivity contribution is 7.19. The number of nitro groups is 2. The Kier molecular flexibility index (Phi) is 6.11. The number of rotatable bonds is 6. The lowest BCUT2D eigenvalue weighted by Crippen LogP contribution is -2.11. The molecule has 4 aromatic rings. The largest absolute Gasteiger partial charge is 0.298 e. The molecule has 9 nitrogen and oxygen atoms in total. The zero-order valence-corrected chi connectivity index (χ0v) is 18.2. The van der Waals surface area contributed by atoms with Gasteiger partial charge in [0, 0.05) is 40.4 Å². The van der Waals surface area contributed by atoms with Crippen LogP contribution in [0, 0.1) is 20.2 Å². The highest BCUT2D eigenvalue weighted by Crippen LogP contribution is 2.40. The fourth-order valence-corrected chi connectivity index (χ4v) is 4.13. The molecule has 4 rings (SSSR count). The van der Waals surface area contributed by atoms with Crippen LogP contribution in [-0.4, -0.2) is 20.7 Å². The number of nitro benzene ring substituents is 2. The first-order chi connectivity index (χ1) is 15.8. The van der Waals surface area contributed by atoms with Crippen LogP contribution in [0.25, 0.3) is 21.7 Å². The first-order valence-electron chi connectivity index (χ1n) is 9.39. The maximum absolute atomic E-state index is 12.6. The minimum absolute atomic E-state index is 0.0475. The van der Waals surface area contributed by atoms with E-state index in [-0.39, 0.29) is 16.9 Å². The summed E-state index contributed by atoms with van der Waals surface area (Å²) < 4.78 is 0. The van der Waals surface area contributed by atoms with Crippen LogP contribution in [0.2, 0.25) is 5.02 Å². The molecule has 0 atom stereocenters. The van der Waals surface area contributed by atoms with Crippen LogP contribution in [0.5, 0.6) is 0 Å². The van der Waals surface area contributed by atoms with Gasteiger partial charge in [-0.2, -0.15) is 0 Å². The molecule has 0 aliphatic carbocycles. The summed E-state index contributed by atoms with van der Waals surface area (Å²) in [6.45, 7) is 0. The van der Waals surface area contributed by atoms with Crippen LogP contribution in [0.4, 0.5) is 16.5 Å². The van der Waals surface area contributed by atoms with Gasteiger partial charge in [-0.15, -0.1) is 0 Å². The van der Waals surface area contributed by atoms with Crippen molar-refractivity contribution in [2.45, 2.75) is 0 Å². The van der Waals surface area contributed by atoms with Gasteiger partial charge in [0.15, 0.2) is 5.13 Å². The molecule has 0 fully saturated rings. The molecule has 0 saturated heterocycles. The van der Waals surface area contributed by atoms with Gasteiger partial charge in [-0.1, -0.05) is 35.1 Å². The van der Waals surface area contributed by atoms with Gasteiger partial charge < -0.3 is 0 Å². The van der Waals surface area contributed by atoms with Crippen molar-refractivity contribution in [2.75, 3.05) is 5.32 Å². The van der Waals surface area contributed by atoms with Gasteiger partial charge in [0.1, 0.15) is 0 Å². The number of nitrogens with one attached hydrogen (secondary N) is 1. The summed E-state index contributed by atoms with van der Waals surface area (Å²) in [5.74, 6) is -0.475. The lowest BCUT2D eigenvalue weighted by molar-refractivity contribution is -0.385. The van der Waals surface area contributed by atoms with Gasteiger partial charge >= 0.3 is 0 Å². The Morgan fingerprint density at radius 3 is 1.88 bits per heavy atom. The predicted octanol–water partition coefficient (Wildman–Crippen LogP) is 6.20. The minimum atomic E-state index is -0.544. The van der Waals surface area contributed by atoms with Crippen molar-refractivity contribution in [1.29, 1.82) is 0 Å². The van der Waals surface area contributed by atoms with E-state index in [1.807, 2.05) is 12.1 Å². The molecule has 0 radical (unpaired) electrons. The molecule has 0 unspecified atom stereocenters. The van der Waals surface area contributed by atoms with Crippen molar-refractivity contribution in [2.24, 2.45) is 0 Å². The smallest absolute Gasteiger partial charge is 0.269 e. The lowest BCUT2D eigenvalue weighted by Gasteiger charge is -2.03. The number of halogens is 1. The number of hydrogen-bond acceptors (Lipinski definition) is 7. The maximum Gasteiger partial charge on any atom is 0.269 e. The number of carbonyl (C=O) groups is 1. The fourth-order valence-electron chi connectivity index (χ4n) is 3.01. The maximum atomic E-state index is 12.6. The zero-order chi connectivity index (χ0) is 23.5. The second-order valence-electron chi connectivity index (χ2n) is 6.77. The monoisotopic (exact) mass is 480 g/mol. The van der Waals surface area contributed by atoms with Crippen molar-refractivity contribution < 1.29 is 14.6 Å². The second kappa shape index (κ2) is 9.15. The van der Waals surface area contributed by atoms with Crippen molar-refractivity contribution in [1.82, 2.24) is 4.98 Å². The Balaban J connectivity index is 1.69. The number of amides is 1. The van der Waals surface area contributed by atoms with Gasteiger partial charge in [0.25, 0.3) is 17.3 Å². The molecule has 33 heavy (non-hydrogen) atoms. The Morgan fingerprint density at radius 2 is 1.33 bits per heavy atom. The standard InChI is InChI=1S/C22H13ClN4O5S/c23-16-7-1-14(2-8-16)20-19(13-3-9-17(10-4-13)26(29)30)24-22(33-20)25-21(28)15-5-11-18(12-6-15)27(31)32/h1-12H,(H,24,25,28). The van der Waals surface area contributed by atoms with Gasteiger partial charge in [-0.3, -0.25) is 30.3 Å². The van der Waals surface area contributed by atoms with Crippen LogP contribution in [-0.2, 0) is 0 Å². The third-order valence-electron chi connectivity index (χ3n) is 4.65. The number of aromatic nitrogens is 1. The van der Waals surface area contributed by atoms with Gasteiger partial charge in [0.05, 0.1) is 20.4 Å². The molecule has 1 aromatic heterocycles. The summed E-state index contributed by atoms with van der Waals surface area (Å²) in [4.78, 5) is 38.7. The molecule has 1 amide bonds. The number of anilines is 1. The van der Waals surface area contributed by atoms with E-state index in [0.717, 1.165) is 10.4 Å². The van der Waals surface area contributed by atoms with E-state index in [1.165, 1.54) is 47.7 Å². The summed E-state index contributed by atoms with van der Waals surface area (Å²) in [6, 6.07) is 18.2. The molecule has 0 bridgehead atoms. The van der Waals surface area contributed by atoms with E-state index in [9.17, 15) is 25.0 Å². The molecular formula is C22H13ClN4O5S.